The highest BCUT2D eigenvalue weighted by atomic mass is 16.6. The summed E-state index contributed by atoms with van der Waals surface area (Å²) >= 11 is 0. The summed E-state index contributed by atoms with van der Waals surface area (Å²) in [6.07, 6.45) is 7.44. The van der Waals surface area contributed by atoms with Gasteiger partial charge in [-0.05, 0) is 85.7 Å². The zero-order valence-corrected chi connectivity index (χ0v) is 23.1. The maximum atomic E-state index is 13.4. The number of rotatable bonds is 5. The van der Waals surface area contributed by atoms with Gasteiger partial charge in [-0.3, -0.25) is 10.1 Å². The van der Waals surface area contributed by atoms with Crippen molar-refractivity contribution in [2.75, 3.05) is 25.5 Å². The maximum Gasteiger partial charge on any atom is 0.411 e. The lowest BCUT2D eigenvalue weighted by molar-refractivity contribution is 0.0126. The molecule has 1 aromatic carbocycles. The number of fused-ring (bicyclic) bond motifs is 1. The van der Waals surface area contributed by atoms with Crippen molar-refractivity contribution in [3.8, 4) is 5.75 Å². The molecule has 4 rings (SSSR count). The first-order valence-corrected chi connectivity index (χ1v) is 14.0. The number of hydrogen-bond donors (Lipinski definition) is 1. The summed E-state index contributed by atoms with van der Waals surface area (Å²) < 4.78 is 11.5. The number of hydrogen-bond acceptors (Lipinski definition) is 4. The van der Waals surface area contributed by atoms with E-state index in [1.807, 2.05) is 4.90 Å². The average molecular weight is 499 g/mol. The maximum absolute atomic E-state index is 13.4. The van der Waals surface area contributed by atoms with E-state index in [1.54, 1.807) is 25.3 Å². The second kappa shape index (κ2) is 11.0. The molecule has 0 spiro atoms. The van der Waals surface area contributed by atoms with Crippen LogP contribution in [0.3, 0.4) is 0 Å². The standard InChI is InChI=1S/C30H46N2O4/c1-19(2)24-9-7-20(3)15-27(24)36-29(34)31-23-8-10-25(26(16-23)35-6)28(33)32-14-12-21-17-30(4,5)13-11-22(21)18-32/h8,10,16,19-22,24,27H,7,9,11-15,17-18H2,1-6H3,(H,31,34)/t20-,21+,22?,24?,27?/m0/s1. The van der Waals surface area contributed by atoms with E-state index in [-0.39, 0.29) is 12.0 Å². The normalized spacial score (nSPS) is 29.9. The molecule has 3 unspecified atom stereocenters. The lowest BCUT2D eigenvalue weighted by atomic mass is 9.65. The Hall–Kier alpha value is -2.24. The molecule has 2 aliphatic carbocycles. The monoisotopic (exact) mass is 498 g/mol. The minimum absolute atomic E-state index is 0.0141. The van der Waals surface area contributed by atoms with Crippen molar-refractivity contribution < 1.29 is 19.1 Å². The molecule has 1 heterocycles. The zero-order chi connectivity index (χ0) is 26.0. The van der Waals surface area contributed by atoms with Crippen LogP contribution in [0.2, 0.25) is 0 Å². The fourth-order valence-corrected chi connectivity index (χ4v) is 6.90. The Bertz CT molecular complexity index is 943. The second-order valence-corrected chi connectivity index (χ2v) is 12.8. The second-order valence-electron chi connectivity index (χ2n) is 12.8. The quantitative estimate of drug-likeness (QED) is 0.475. The fraction of sp³-hybridized carbons (Fsp3) is 0.733. The van der Waals surface area contributed by atoms with Gasteiger partial charge in [0.2, 0.25) is 0 Å². The first kappa shape index (κ1) is 26.8. The molecule has 0 aromatic heterocycles. The van der Waals surface area contributed by atoms with Gasteiger partial charge in [-0.1, -0.05) is 41.0 Å². The highest BCUT2D eigenvalue weighted by molar-refractivity contribution is 5.98. The van der Waals surface area contributed by atoms with E-state index in [4.69, 9.17) is 9.47 Å². The van der Waals surface area contributed by atoms with Crippen LogP contribution >= 0.6 is 0 Å². The Morgan fingerprint density at radius 3 is 2.61 bits per heavy atom. The number of benzene rings is 1. The SMILES string of the molecule is COc1cc(NC(=O)OC2C[C@@H](C)CCC2C(C)C)ccc1C(=O)N1CC[C@@H]2CC(C)(C)CCC2C1. The van der Waals surface area contributed by atoms with E-state index in [0.717, 1.165) is 38.3 Å². The summed E-state index contributed by atoms with van der Waals surface area (Å²) in [4.78, 5) is 28.2. The van der Waals surface area contributed by atoms with Gasteiger partial charge in [-0.15, -0.1) is 0 Å². The van der Waals surface area contributed by atoms with Crippen molar-refractivity contribution >= 4 is 17.7 Å². The third-order valence-corrected chi connectivity index (χ3v) is 9.08. The molecule has 6 nitrogen and oxygen atoms in total. The van der Waals surface area contributed by atoms with Crippen LogP contribution in [0.25, 0.3) is 0 Å². The number of anilines is 1. The molecule has 3 fully saturated rings. The smallest absolute Gasteiger partial charge is 0.411 e. The van der Waals surface area contributed by atoms with Crippen molar-refractivity contribution in [3.05, 3.63) is 23.8 Å². The Morgan fingerprint density at radius 1 is 1.11 bits per heavy atom. The van der Waals surface area contributed by atoms with E-state index in [0.29, 0.717) is 46.1 Å². The first-order valence-electron chi connectivity index (χ1n) is 14.0. The molecule has 2 saturated carbocycles. The Kier molecular flexibility index (Phi) is 8.21. The number of likely N-dealkylation sites (tertiary alicyclic amines) is 1. The molecule has 1 aliphatic heterocycles. The number of piperidine rings is 1. The third-order valence-electron chi connectivity index (χ3n) is 9.08. The van der Waals surface area contributed by atoms with E-state index in [9.17, 15) is 9.59 Å². The minimum Gasteiger partial charge on any atom is -0.496 e. The van der Waals surface area contributed by atoms with Gasteiger partial charge in [0.1, 0.15) is 11.9 Å². The lowest BCUT2D eigenvalue weighted by Crippen LogP contribution is -2.46. The molecule has 0 radical (unpaired) electrons. The highest BCUT2D eigenvalue weighted by Crippen LogP contribution is 2.45. The lowest BCUT2D eigenvalue weighted by Gasteiger charge is -2.46. The number of carbonyl (C=O) groups excluding carboxylic acids is 2. The van der Waals surface area contributed by atoms with Crippen LogP contribution in [0.5, 0.6) is 5.75 Å². The number of ether oxygens (including phenoxy) is 2. The molecule has 2 amide bonds. The topological polar surface area (TPSA) is 67.9 Å². The molecule has 5 atom stereocenters. The Balaban J connectivity index is 1.39. The first-order chi connectivity index (χ1) is 17.1. The number of methoxy groups -OCH3 is 1. The summed E-state index contributed by atoms with van der Waals surface area (Å²) in [5.41, 5.74) is 1.55. The van der Waals surface area contributed by atoms with Gasteiger partial charge >= 0.3 is 6.09 Å². The average Bonchev–Trinajstić information content (AvgIpc) is 2.82. The van der Waals surface area contributed by atoms with Crippen molar-refractivity contribution in [3.63, 3.8) is 0 Å². The Labute approximate surface area is 217 Å². The summed E-state index contributed by atoms with van der Waals surface area (Å²) in [5, 5.41) is 2.86. The molecule has 6 heteroatoms. The zero-order valence-electron chi connectivity index (χ0n) is 23.1. The van der Waals surface area contributed by atoms with E-state index < -0.39 is 6.09 Å². The van der Waals surface area contributed by atoms with Crippen molar-refractivity contribution in [2.45, 2.75) is 85.7 Å². The molecule has 3 aliphatic rings. The van der Waals surface area contributed by atoms with Crippen LogP contribution in [0.1, 0.15) is 89.9 Å². The summed E-state index contributed by atoms with van der Waals surface area (Å²) in [6, 6.07) is 5.27. The third kappa shape index (κ3) is 6.18. The highest BCUT2D eigenvalue weighted by Gasteiger charge is 2.39. The minimum atomic E-state index is -0.442. The number of nitrogens with one attached hydrogen (secondary N) is 1. The predicted molar refractivity (Wildman–Crippen MR) is 143 cm³/mol. The van der Waals surface area contributed by atoms with Crippen molar-refractivity contribution in [1.29, 1.82) is 0 Å². The van der Waals surface area contributed by atoms with Crippen LogP contribution < -0.4 is 10.1 Å². The van der Waals surface area contributed by atoms with Gasteiger partial charge in [-0.2, -0.15) is 0 Å². The molecule has 0 bridgehead atoms. The van der Waals surface area contributed by atoms with Crippen LogP contribution in [-0.2, 0) is 4.74 Å². The van der Waals surface area contributed by atoms with Crippen LogP contribution in [0.4, 0.5) is 10.5 Å². The number of nitrogens with zero attached hydrogens (tertiary/aromatic N) is 1. The molecular formula is C30H46N2O4. The molecule has 1 N–H and O–H groups in total. The summed E-state index contributed by atoms with van der Waals surface area (Å²) in [5.74, 6) is 3.24. The van der Waals surface area contributed by atoms with E-state index in [1.165, 1.54) is 25.7 Å². The van der Waals surface area contributed by atoms with Crippen molar-refractivity contribution in [2.24, 2.45) is 35.0 Å². The van der Waals surface area contributed by atoms with Gasteiger partial charge in [0.25, 0.3) is 5.91 Å². The molecular weight excluding hydrogens is 452 g/mol. The van der Waals surface area contributed by atoms with Gasteiger partial charge < -0.3 is 14.4 Å². The number of amides is 2. The molecule has 1 aromatic rings. The van der Waals surface area contributed by atoms with Crippen LogP contribution in [0.15, 0.2) is 18.2 Å². The van der Waals surface area contributed by atoms with Gasteiger partial charge in [0.15, 0.2) is 0 Å². The van der Waals surface area contributed by atoms with E-state index in [2.05, 4.69) is 39.9 Å². The molecule has 200 valence electrons. The fourth-order valence-electron chi connectivity index (χ4n) is 6.90. The molecule has 1 saturated heterocycles. The van der Waals surface area contributed by atoms with Gasteiger partial charge in [0, 0.05) is 24.8 Å². The Morgan fingerprint density at radius 2 is 1.89 bits per heavy atom. The van der Waals surface area contributed by atoms with E-state index >= 15 is 0 Å². The number of carbonyl (C=O) groups is 2. The van der Waals surface area contributed by atoms with Gasteiger partial charge in [-0.25, -0.2) is 4.79 Å². The van der Waals surface area contributed by atoms with Crippen LogP contribution in [-0.4, -0.2) is 43.2 Å². The van der Waals surface area contributed by atoms with Gasteiger partial charge in [0.05, 0.1) is 12.7 Å². The van der Waals surface area contributed by atoms with Crippen LogP contribution in [0, 0.1) is 35.0 Å². The summed E-state index contributed by atoms with van der Waals surface area (Å²) in [6.45, 7) is 13.0. The predicted octanol–water partition coefficient (Wildman–Crippen LogP) is 6.99. The molecule has 36 heavy (non-hydrogen) atoms. The largest absolute Gasteiger partial charge is 0.496 e. The summed E-state index contributed by atoms with van der Waals surface area (Å²) in [7, 11) is 1.57. The van der Waals surface area contributed by atoms with Crippen molar-refractivity contribution in [1.82, 2.24) is 4.90 Å².